The molecule has 4 rings (SSSR count). The van der Waals surface area contributed by atoms with Crippen molar-refractivity contribution in [2.24, 2.45) is 5.92 Å². The molecule has 1 N–H and O–H groups in total. The third-order valence-electron chi connectivity index (χ3n) is 5.80. The molecule has 0 radical (unpaired) electrons. The van der Waals surface area contributed by atoms with E-state index in [4.69, 9.17) is 16.3 Å². The van der Waals surface area contributed by atoms with Crippen molar-refractivity contribution < 1.29 is 19.1 Å². The molecule has 8 nitrogen and oxygen atoms in total. The predicted octanol–water partition coefficient (Wildman–Crippen LogP) is 4.04. The molecule has 1 aliphatic heterocycles. The highest BCUT2D eigenvalue weighted by molar-refractivity contribution is 6.62. The zero-order valence-electron chi connectivity index (χ0n) is 17.0. The van der Waals surface area contributed by atoms with Gasteiger partial charge in [0.1, 0.15) is 5.82 Å². The highest BCUT2D eigenvalue weighted by Gasteiger charge is 2.48. The number of nitrogens with zero attached hydrogens (tertiary/aromatic N) is 3. The summed E-state index contributed by atoms with van der Waals surface area (Å²) < 4.78 is 6.17. The Balaban J connectivity index is 1.63. The van der Waals surface area contributed by atoms with Gasteiger partial charge in [0.15, 0.2) is 0 Å². The van der Waals surface area contributed by atoms with Crippen LogP contribution in [0.25, 0.3) is 0 Å². The van der Waals surface area contributed by atoms with Crippen molar-refractivity contribution >= 4 is 34.8 Å². The Morgan fingerprint density at radius 1 is 1.27 bits per heavy atom. The molecular formula is C21H23ClN4O4. The number of hydrogen-bond acceptors (Lipinski definition) is 5. The summed E-state index contributed by atoms with van der Waals surface area (Å²) in [7, 11) is 0. The Morgan fingerprint density at radius 2 is 1.97 bits per heavy atom. The summed E-state index contributed by atoms with van der Waals surface area (Å²) in [6.45, 7) is 5.59. The first-order valence-corrected chi connectivity index (χ1v) is 10.3. The average Bonchev–Trinajstić information content (AvgIpc) is 3.36. The lowest BCUT2D eigenvalue weighted by Crippen LogP contribution is -2.38. The molecule has 2 amide bonds. The number of nitrogens with one attached hydrogen (secondary N) is 1. The van der Waals surface area contributed by atoms with Gasteiger partial charge in [0.2, 0.25) is 5.91 Å². The molecule has 158 valence electrons. The maximum Gasteiger partial charge on any atom is 0.436 e. The fourth-order valence-corrected chi connectivity index (χ4v) is 4.34. The van der Waals surface area contributed by atoms with E-state index < -0.39 is 17.0 Å². The molecule has 2 atom stereocenters. The van der Waals surface area contributed by atoms with Crippen molar-refractivity contribution in [3.8, 4) is 0 Å². The minimum absolute atomic E-state index is 0.145. The fraction of sp³-hybridized carbons (Fsp3) is 0.429. The first-order valence-electron chi connectivity index (χ1n) is 9.88. The molecular weight excluding hydrogens is 408 g/mol. The molecule has 0 spiro atoms. The van der Waals surface area contributed by atoms with Gasteiger partial charge in [-0.1, -0.05) is 30.3 Å². The fourth-order valence-electron chi connectivity index (χ4n) is 4.07. The number of benzene rings is 1. The van der Waals surface area contributed by atoms with E-state index in [1.807, 2.05) is 30.3 Å². The van der Waals surface area contributed by atoms with E-state index in [-0.39, 0.29) is 36.7 Å². The zero-order chi connectivity index (χ0) is 21.6. The van der Waals surface area contributed by atoms with Gasteiger partial charge in [0.05, 0.1) is 24.4 Å². The molecule has 1 fully saturated rings. The van der Waals surface area contributed by atoms with Gasteiger partial charge in [-0.05, 0) is 50.3 Å². The monoisotopic (exact) mass is 430 g/mol. The van der Waals surface area contributed by atoms with Crippen molar-refractivity contribution in [2.45, 2.75) is 45.2 Å². The summed E-state index contributed by atoms with van der Waals surface area (Å²) in [5.74, 6) is 0.00977. The summed E-state index contributed by atoms with van der Waals surface area (Å²) >= 11 is 5.75. The number of fused-ring (bicyclic) bond motifs is 1. The number of halogens is 1. The summed E-state index contributed by atoms with van der Waals surface area (Å²) in [5, 5.41) is 6.63. The molecule has 2 aliphatic rings. The van der Waals surface area contributed by atoms with Crippen molar-refractivity contribution in [1.29, 1.82) is 0 Å². The van der Waals surface area contributed by atoms with E-state index in [2.05, 4.69) is 10.4 Å². The summed E-state index contributed by atoms with van der Waals surface area (Å²) in [4.78, 5) is 38.7. The van der Waals surface area contributed by atoms with Gasteiger partial charge in [-0.2, -0.15) is 5.10 Å². The minimum atomic E-state index is -0.822. The second kappa shape index (κ2) is 7.43. The average molecular weight is 431 g/mol. The molecule has 2 aromatic rings. The Bertz CT molecular complexity index is 1020. The lowest BCUT2D eigenvalue weighted by molar-refractivity contribution is -0.117. The van der Waals surface area contributed by atoms with E-state index in [0.29, 0.717) is 11.3 Å². The predicted molar refractivity (Wildman–Crippen MR) is 110 cm³/mol. The van der Waals surface area contributed by atoms with E-state index in [1.54, 1.807) is 20.8 Å². The second-order valence-electron chi connectivity index (χ2n) is 8.03. The summed E-state index contributed by atoms with van der Waals surface area (Å²) in [6, 6.07) is 9.85. The highest BCUT2D eigenvalue weighted by Crippen LogP contribution is 2.48. The summed E-state index contributed by atoms with van der Waals surface area (Å²) in [6.07, 6.45) is 0.0563. The number of hydrogen-bond donors (Lipinski definition) is 1. The van der Waals surface area contributed by atoms with E-state index in [1.165, 1.54) is 4.90 Å². The van der Waals surface area contributed by atoms with Crippen molar-refractivity contribution in [1.82, 2.24) is 14.7 Å². The smallest absolute Gasteiger partial charge is 0.436 e. The van der Waals surface area contributed by atoms with Crippen LogP contribution in [0.15, 0.2) is 30.3 Å². The molecule has 1 saturated carbocycles. The van der Waals surface area contributed by atoms with Gasteiger partial charge in [0, 0.05) is 11.5 Å². The third kappa shape index (κ3) is 3.35. The van der Waals surface area contributed by atoms with Crippen LogP contribution in [0.1, 0.15) is 49.9 Å². The zero-order valence-corrected chi connectivity index (χ0v) is 17.8. The molecule has 0 saturated heterocycles. The van der Waals surface area contributed by atoms with Gasteiger partial charge in [-0.15, -0.1) is 4.68 Å². The van der Waals surface area contributed by atoms with Gasteiger partial charge in [0.25, 0.3) is 0 Å². The first-order chi connectivity index (χ1) is 14.3. The first kappa shape index (κ1) is 20.4. The van der Waals surface area contributed by atoms with Crippen LogP contribution >= 0.6 is 11.6 Å². The van der Waals surface area contributed by atoms with Gasteiger partial charge >= 0.3 is 11.5 Å². The van der Waals surface area contributed by atoms with Crippen LogP contribution in [0, 0.1) is 5.92 Å². The molecule has 2 unspecified atom stereocenters. The minimum Gasteiger partial charge on any atom is -0.448 e. The Hall–Kier alpha value is -2.87. The maximum absolute atomic E-state index is 13.0. The largest absolute Gasteiger partial charge is 0.448 e. The normalized spacial score (nSPS) is 21.1. The van der Waals surface area contributed by atoms with Crippen LogP contribution in [0.2, 0.25) is 0 Å². The third-order valence-corrected chi connectivity index (χ3v) is 6.01. The standard InChI is InChI=1S/C21H23ClN4O4/c1-4-30-20(29)26-17(15-11-25(19(22)28)21(2,3)16(15)24-26)23-18(27)14-10-13(14)12-8-6-5-7-9-12/h5-9,13-14H,4,10-11H2,1-3H3,(H,23,27). The van der Waals surface area contributed by atoms with Crippen LogP contribution in [0.4, 0.5) is 15.4 Å². The Labute approximate surface area is 179 Å². The van der Waals surface area contributed by atoms with E-state index >= 15 is 0 Å². The quantitative estimate of drug-likeness (QED) is 0.583. The van der Waals surface area contributed by atoms with Gasteiger partial charge in [-0.25, -0.2) is 4.79 Å². The van der Waals surface area contributed by atoms with Crippen LogP contribution < -0.4 is 5.32 Å². The van der Waals surface area contributed by atoms with Gasteiger partial charge in [-0.3, -0.25) is 9.59 Å². The molecule has 1 aromatic heterocycles. The SMILES string of the molecule is CCOC(=O)n1nc2c(c1NC(=O)C1CC1c1ccccc1)CN(C(=O)Cl)C2(C)C. The lowest BCUT2D eigenvalue weighted by Gasteiger charge is -2.29. The van der Waals surface area contributed by atoms with Crippen molar-refractivity contribution in [3.05, 3.63) is 47.2 Å². The lowest BCUT2D eigenvalue weighted by atomic mass is 10.0. The molecule has 0 bridgehead atoms. The Morgan fingerprint density at radius 3 is 2.60 bits per heavy atom. The topological polar surface area (TPSA) is 93.5 Å². The number of aromatic nitrogens is 2. The number of rotatable bonds is 4. The molecule has 1 aromatic carbocycles. The van der Waals surface area contributed by atoms with E-state index in [9.17, 15) is 14.4 Å². The molecule has 30 heavy (non-hydrogen) atoms. The van der Waals surface area contributed by atoms with Crippen molar-refractivity contribution in [2.75, 3.05) is 11.9 Å². The second-order valence-corrected chi connectivity index (χ2v) is 8.36. The number of amides is 2. The maximum atomic E-state index is 13.0. The molecule has 9 heteroatoms. The summed E-state index contributed by atoms with van der Waals surface area (Å²) in [5.41, 5.74) is 1.39. The number of ether oxygens (including phenoxy) is 1. The highest BCUT2D eigenvalue weighted by atomic mass is 35.5. The van der Waals surface area contributed by atoms with Crippen LogP contribution in [-0.2, 0) is 21.6 Å². The van der Waals surface area contributed by atoms with Crippen LogP contribution in [0.5, 0.6) is 0 Å². The van der Waals surface area contributed by atoms with Crippen molar-refractivity contribution in [3.63, 3.8) is 0 Å². The van der Waals surface area contributed by atoms with Crippen LogP contribution in [-0.4, -0.2) is 38.7 Å². The number of anilines is 1. The number of carbonyl (C=O) groups excluding carboxylic acids is 3. The molecule has 2 heterocycles. The Kier molecular flexibility index (Phi) is 5.05. The number of carbonyl (C=O) groups is 3. The van der Waals surface area contributed by atoms with E-state index in [0.717, 1.165) is 16.7 Å². The van der Waals surface area contributed by atoms with Crippen LogP contribution in [0.3, 0.4) is 0 Å². The van der Waals surface area contributed by atoms with Gasteiger partial charge < -0.3 is 15.0 Å². The molecule has 1 aliphatic carbocycles.